The molecular formula is C21H20N4O3. The Kier molecular flexibility index (Phi) is 5.86. The molecule has 2 amide bonds. The second-order valence-corrected chi connectivity index (χ2v) is 6.00. The number of aromatic nitrogens is 1. The molecule has 3 aromatic rings. The molecule has 0 aliphatic rings. The molecule has 0 spiro atoms. The first-order chi connectivity index (χ1) is 13.5. The highest BCUT2D eigenvalue weighted by Gasteiger charge is 2.09. The van der Waals surface area contributed by atoms with Crippen LogP contribution in [0, 0.1) is 0 Å². The van der Waals surface area contributed by atoms with Crippen LogP contribution in [-0.2, 0) is 4.79 Å². The molecule has 28 heavy (non-hydrogen) atoms. The Hall–Kier alpha value is -3.87. The quantitative estimate of drug-likeness (QED) is 0.604. The van der Waals surface area contributed by atoms with Crippen molar-refractivity contribution >= 4 is 34.6 Å². The van der Waals surface area contributed by atoms with Crippen molar-refractivity contribution in [3.05, 3.63) is 72.6 Å². The summed E-state index contributed by atoms with van der Waals surface area (Å²) in [7, 11) is 1.59. The molecule has 0 aliphatic carbocycles. The molecule has 0 radical (unpaired) electrons. The Morgan fingerprint density at radius 1 is 0.821 bits per heavy atom. The van der Waals surface area contributed by atoms with E-state index in [0.717, 1.165) is 11.4 Å². The number of hydrogen-bond acceptors (Lipinski definition) is 5. The summed E-state index contributed by atoms with van der Waals surface area (Å²) in [6, 6.07) is 17.8. The van der Waals surface area contributed by atoms with Gasteiger partial charge in [-0.15, -0.1) is 0 Å². The van der Waals surface area contributed by atoms with E-state index in [9.17, 15) is 9.59 Å². The van der Waals surface area contributed by atoms with Gasteiger partial charge in [0.15, 0.2) is 0 Å². The summed E-state index contributed by atoms with van der Waals surface area (Å²) in [6.07, 6.45) is 1.57. The third-order valence-corrected chi connectivity index (χ3v) is 3.83. The molecule has 0 aliphatic heterocycles. The molecule has 1 heterocycles. The van der Waals surface area contributed by atoms with E-state index in [0.29, 0.717) is 17.1 Å². The maximum absolute atomic E-state index is 12.4. The van der Waals surface area contributed by atoms with Crippen LogP contribution in [-0.4, -0.2) is 23.9 Å². The fourth-order valence-corrected chi connectivity index (χ4v) is 2.51. The minimum absolute atomic E-state index is 0.123. The Morgan fingerprint density at radius 3 is 2.07 bits per heavy atom. The summed E-state index contributed by atoms with van der Waals surface area (Å²) in [5.74, 6) is 0.282. The predicted molar refractivity (Wildman–Crippen MR) is 109 cm³/mol. The highest BCUT2D eigenvalue weighted by Crippen LogP contribution is 2.20. The van der Waals surface area contributed by atoms with Crippen LogP contribution in [0.4, 0.5) is 22.7 Å². The molecule has 0 bridgehead atoms. The summed E-state index contributed by atoms with van der Waals surface area (Å²) in [5.41, 5.74) is 3.20. The number of pyridine rings is 1. The molecule has 0 fully saturated rings. The van der Waals surface area contributed by atoms with Gasteiger partial charge in [0, 0.05) is 35.9 Å². The van der Waals surface area contributed by atoms with Crippen molar-refractivity contribution in [2.45, 2.75) is 6.92 Å². The molecule has 0 unspecified atom stereocenters. The van der Waals surface area contributed by atoms with Crippen molar-refractivity contribution in [3.8, 4) is 5.75 Å². The second kappa shape index (κ2) is 8.68. The summed E-state index contributed by atoms with van der Waals surface area (Å²) >= 11 is 0. The largest absolute Gasteiger partial charge is 0.497 e. The second-order valence-electron chi connectivity index (χ2n) is 6.00. The number of amides is 2. The number of ether oxygens (including phenoxy) is 1. The number of nitrogens with one attached hydrogen (secondary N) is 3. The Morgan fingerprint density at radius 2 is 1.43 bits per heavy atom. The van der Waals surface area contributed by atoms with Crippen molar-refractivity contribution in [2.24, 2.45) is 0 Å². The third-order valence-electron chi connectivity index (χ3n) is 3.83. The molecule has 2 aromatic carbocycles. The molecule has 0 atom stereocenters. The van der Waals surface area contributed by atoms with E-state index in [-0.39, 0.29) is 17.5 Å². The van der Waals surface area contributed by atoms with Crippen LogP contribution < -0.4 is 20.7 Å². The summed E-state index contributed by atoms with van der Waals surface area (Å²) < 4.78 is 5.10. The molecule has 1 aromatic heterocycles. The minimum atomic E-state index is -0.310. The van der Waals surface area contributed by atoms with E-state index < -0.39 is 0 Å². The van der Waals surface area contributed by atoms with Crippen LogP contribution in [0.3, 0.4) is 0 Å². The van der Waals surface area contributed by atoms with Gasteiger partial charge in [-0.2, -0.15) is 0 Å². The standard InChI is InChI=1S/C21H20N4O3/c1-14(26)23-15-3-5-16(6-4-15)24-18-11-12-22-20(13-18)21(27)25-17-7-9-19(28-2)10-8-17/h3-13H,1-2H3,(H,22,24)(H,23,26)(H,25,27). The number of anilines is 4. The summed E-state index contributed by atoms with van der Waals surface area (Å²) in [4.78, 5) is 27.7. The van der Waals surface area contributed by atoms with E-state index in [2.05, 4.69) is 20.9 Å². The fraction of sp³-hybridized carbons (Fsp3) is 0.0952. The average molecular weight is 376 g/mol. The number of carbonyl (C=O) groups excluding carboxylic acids is 2. The number of rotatable bonds is 6. The van der Waals surface area contributed by atoms with E-state index in [4.69, 9.17) is 4.74 Å². The van der Waals surface area contributed by atoms with Gasteiger partial charge in [-0.25, -0.2) is 0 Å². The lowest BCUT2D eigenvalue weighted by atomic mass is 10.2. The zero-order chi connectivity index (χ0) is 19.9. The molecule has 142 valence electrons. The van der Waals surface area contributed by atoms with Crippen LogP contribution >= 0.6 is 0 Å². The van der Waals surface area contributed by atoms with Gasteiger partial charge in [-0.05, 0) is 60.7 Å². The van der Waals surface area contributed by atoms with Gasteiger partial charge in [0.05, 0.1) is 7.11 Å². The Labute approximate surface area is 162 Å². The van der Waals surface area contributed by atoms with Crippen LogP contribution in [0.15, 0.2) is 66.9 Å². The molecule has 3 rings (SSSR count). The molecule has 3 N–H and O–H groups in total. The van der Waals surface area contributed by atoms with Crippen molar-refractivity contribution in [3.63, 3.8) is 0 Å². The highest BCUT2D eigenvalue weighted by atomic mass is 16.5. The fourth-order valence-electron chi connectivity index (χ4n) is 2.51. The topological polar surface area (TPSA) is 92.4 Å². The Balaban J connectivity index is 1.67. The summed E-state index contributed by atoms with van der Waals surface area (Å²) in [5, 5.41) is 8.72. The zero-order valence-corrected chi connectivity index (χ0v) is 15.5. The number of nitrogens with zero attached hydrogens (tertiary/aromatic N) is 1. The summed E-state index contributed by atoms with van der Waals surface area (Å²) in [6.45, 7) is 1.46. The predicted octanol–water partition coefficient (Wildman–Crippen LogP) is 4.04. The first-order valence-electron chi connectivity index (χ1n) is 8.59. The van der Waals surface area contributed by atoms with E-state index >= 15 is 0 Å². The molecular weight excluding hydrogens is 356 g/mol. The van der Waals surface area contributed by atoms with Gasteiger partial charge in [0.2, 0.25) is 5.91 Å². The van der Waals surface area contributed by atoms with Crippen molar-refractivity contribution in [1.82, 2.24) is 4.98 Å². The minimum Gasteiger partial charge on any atom is -0.497 e. The lowest BCUT2D eigenvalue weighted by Gasteiger charge is -2.10. The van der Waals surface area contributed by atoms with Crippen LogP contribution in [0.25, 0.3) is 0 Å². The highest BCUT2D eigenvalue weighted by molar-refractivity contribution is 6.03. The Bertz CT molecular complexity index is 970. The van der Waals surface area contributed by atoms with E-state index in [1.165, 1.54) is 6.92 Å². The van der Waals surface area contributed by atoms with Crippen molar-refractivity contribution in [2.75, 3.05) is 23.1 Å². The monoisotopic (exact) mass is 376 g/mol. The van der Waals surface area contributed by atoms with Crippen molar-refractivity contribution < 1.29 is 14.3 Å². The molecule has 0 saturated heterocycles. The van der Waals surface area contributed by atoms with Gasteiger partial charge in [-0.1, -0.05) is 0 Å². The van der Waals surface area contributed by atoms with Gasteiger partial charge in [-0.3, -0.25) is 14.6 Å². The normalized spacial score (nSPS) is 10.1. The molecule has 0 saturated carbocycles. The van der Waals surface area contributed by atoms with Gasteiger partial charge in [0.25, 0.3) is 5.91 Å². The van der Waals surface area contributed by atoms with Gasteiger partial charge in [0.1, 0.15) is 11.4 Å². The van der Waals surface area contributed by atoms with E-state index in [1.807, 2.05) is 12.1 Å². The zero-order valence-electron chi connectivity index (χ0n) is 15.5. The van der Waals surface area contributed by atoms with Gasteiger partial charge < -0.3 is 20.7 Å². The lowest BCUT2D eigenvalue weighted by molar-refractivity contribution is -0.114. The van der Waals surface area contributed by atoms with Crippen LogP contribution in [0.2, 0.25) is 0 Å². The number of hydrogen-bond donors (Lipinski definition) is 3. The maximum Gasteiger partial charge on any atom is 0.274 e. The molecule has 7 heteroatoms. The van der Waals surface area contributed by atoms with Crippen LogP contribution in [0.5, 0.6) is 5.75 Å². The number of carbonyl (C=O) groups is 2. The SMILES string of the molecule is COc1ccc(NC(=O)c2cc(Nc3ccc(NC(C)=O)cc3)ccn2)cc1. The first-order valence-corrected chi connectivity index (χ1v) is 8.59. The lowest BCUT2D eigenvalue weighted by Crippen LogP contribution is -2.13. The van der Waals surface area contributed by atoms with E-state index in [1.54, 1.807) is 61.8 Å². The smallest absolute Gasteiger partial charge is 0.274 e. The van der Waals surface area contributed by atoms with Crippen molar-refractivity contribution in [1.29, 1.82) is 0 Å². The molecule has 7 nitrogen and oxygen atoms in total. The number of methoxy groups -OCH3 is 1. The third kappa shape index (κ3) is 5.07. The first kappa shape index (κ1) is 18.9. The number of benzene rings is 2. The average Bonchev–Trinajstić information content (AvgIpc) is 2.70. The van der Waals surface area contributed by atoms with Crippen LogP contribution in [0.1, 0.15) is 17.4 Å². The maximum atomic E-state index is 12.4. The van der Waals surface area contributed by atoms with Gasteiger partial charge >= 0.3 is 0 Å².